The lowest BCUT2D eigenvalue weighted by molar-refractivity contribution is -0.386. The maximum atomic E-state index is 14.8. The number of nitro benzene ring substituents is 1. The Bertz CT molecular complexity index is 2730. The molecule has 0 bridgehead atoms. The van der Waals surface area contributed by atoms with Gasteiger partial charge in [-0.05, 0) is 123 Å². The fraction of sp³-hybridized carbons (Fsp3) is 0.480. The summed E-state index contributed by atoms with van der Waals surface area (Å²) in [6.45, 7) is 11.6. The lowest BCUT2D eigenvalue weighted by Crippen LogP contribution is -2.54. The lowest BCUT2D eigenvalue weighted by atomic mass is 9.59. The highest BCUT2D eigenvalue weighted by Gasteiger charge is 2.50. The molecule has 4 fully saturated rings. The molecule has 0 unspecified atom stereocenters. The molecule has 1 spiro atoms. The number of hydrogen-bond acceptors (Lipinski definition) is 10. The van der Waals surface area contributed by atoms with Gasteiger partial charge in [0.1, 0.15) is 17.2 Å². The first-order valence-corrected chi connectivity index (χ1v) is 24.5. The second-order valence-electron chi connectivity index (χ2n) is 19.9. The van der Waals surface area contributed by atoms with Gasteiger partial charge in [-0.3, -0.25) is 19.8 Å². The predicted molar refractivity (Wildman–Crippen MR) is 248 cm³/mol. The number of aromatic nitrogens is 2. The molecule has 2 aliphatic carbocycles. The minimum atomic E-state index is -4.60. The van der Waals surface area contributed by atoms with Crippen LogP contribution in [0.15, 0.2) is 77.8 Å². The van der Waals surface area contributed by atoms with Gasteiger partial charge in [-0.25, -0.2) is 17.5 Å². The van der Waals surface area contributed by atoms with E-state index in [-0.39, 0.29) is 56.4 Å². The number of nitrogens with one attached hydrogen (secondary N) is 2. The first kappa shape index (κ1) is 44.7. The SMILES string of the molecule is COc1nc2[nH]cc(F)c2cc1Oc1cc(N2CCC3(CC2)CC(N2CCC[C@@H]2c2ccccc2C(C)C)C3)ccc1C(=O)NS(=O)(=O)c1ccc(C2CCC(C)(C)CC2)c([N+](=O)[O-])c1. The molecule has 2 saturated heterocycles. The van der Waals surface area contributed by atoms with Gasteiger partial charge in [0.2, 0.25) is 0 Å². The third kappa shape index (κ3) is 8.81. The predicted octanol–water partition coefficient (Wildman–Crippen LogP) is 10.9. The quantitative estimate of drug-likeness (QED) is 0.0911. The molecular weight excluding hydrogens is 848 g/mol. The second kappa shape index (κ2) is 17.4. The highest BCUT2D eigenvalue weighted by Crippen LogP contribution is 2.54. The number of anilines is 1. The first-order chi connectivity index (χ1) is 31.0. The number of methoxy groups -OCH3 is 1. The Hall–Kier alpha value is -5.54. The van der Waals surface area contributed by atoms with Crippen LogP contribution in [0.2, 0.25) is 0 Å². The van der Waals surface area contributed by atoms with Crippen molar-refractivity contribution in [1.29, 1.82) is 0 Å². The third-order valence-corrected chi connectivity index (χ3v) is 16.3. The fourth-order valence-corrected chi connectivity index (χ4v) is 12.1. The Balaban J connectivity index is 0.948. The van der Waals surface area contributed by atoms with Gasteiger partial charge >= 0.3 is 0 Å². The van der Waals surface area contributed by atoms with Gasteiger partial charge in [-0.2, -0.15) is 4.98 Å². The van der Waals surface area contributed by atoms with E-state index in [1.54, 1.807) is 12.1 Å². The number of sulfonamides is 1. The summed E-state index contributed by atoms with van der Waals surface area (Å²) >= 11 is 0. The molecule has 5 aromatic rings. The van der Waals surface area contributed by atoms with Gasteiger partial charge in [0, 0.05) is 60.8 Å². The number of piperidine rings is 1. The highest BCUT2D eigenvalue weighted by atomic mass is 32.2. The van der Waals surface area contributed by atoms with Crippen molar-refractivity contribution in [3.8, 4) is 17.4 Å². The van der Waals surface area contributed by atoms with Crippen LogP contribution in [0.25, 0.3) is 11.0 Å². The summed E-state index contributed by atoms with van der Waals surface area (Å²) in [7, 11) is -3.21. The van der Waals surface area contributed by atoms with Crippen LogP contribution in [0.4, 0.5) is 15.8 Å². The fourth-order valence-electron chi connectivity index (χ4n) is 11.2. The molecule has 0 radical (unpaired) electrons. The smallest absolute Gasteiger partial charge is 0.274 e. The van der Waals surface area contributed by atoms with Crippen molar-refractivity contribution in [2.45, 2.75) is 121 Å². The van der Waals surface area contributed by atoms with Crippen LogP contribution in [0, 0.1) is 26.8 Å². The van der Waals surface area contributed by atoms with Crippen LogP contribution >= 0.6 is 0 Å². The van der Waals surface area contributed by atoms with E-state index in [2.05, 4.69) is 76.5 Å². The largest absolute Gasteiger partial charge is 0.478 e. The van der Waals surface area contributed by atoms with E-state index in [9.17, 15) is 27.7 Å². The van der Waals surface area contributed by atoms with E-state index < -0.39 is 31.6 Å². The summed E-state index contributed by atoms with van der Waals surface area (Å²) in [5.41, 5.74) is 4.40. The molecule has 1 amide bonds. The lowest BCUT2D eigenvalue weighted by Gasteiger charge is -2.56. The number of ether oxygens (including phenoxy) is 2. The van der Waals surface area contributed by atoms with Crippen molar-refractivity contribution in [1.82, 2.24) is 19.6 Å². The number of hydrogen-bond donors (Lipinski definition) is 2. The molecule has 2 aromatic heterocycles. The van der Waals surface area contributed by atoms with Crippen LogP contribution in [-0.4, -0.2) is 66.9 Å². The summed E-state index contributed by atoms with van der Waals surface area (Å²) < 4.78 is 56.5. The number of fused-ring (bicyclic) bond motifs is 1. The van der Waals surface area contributed by atoms with Gasteiger partial charge in [0.05, 0.1) is 27.9 Å². The monoisotopic (exact) mass is 906 g/mol. The zero-order chi connectivity index (χ0) is 45.8. The van der Waals surface area contributed by atoms with Crippen molar-refractivity contribution in [3.05, 3.63) is 111 Å². The van der Waals surface area contributed by atoms with Crippen molar-refractivity contribution >= 4 is 38.3 Å². The van der Waals surface area contributed by atoms with E-state index in [1.807, 2.05) is 0 Å². The molecule has 2 N–H and O–H groups in total. The molecule has 4 aliphatic rings. The summed E-state index contributed by atoms with van der Waals surface area (Å²) in [6.07, 6.45) is 11.2. The van der Waals surface area contributed by atoms with Gasteiger partial charge < -0.3 is 19.4 Å². The molecule has 4 heterocycles. The van der Waals surface area contributed by atoms with Crippen molar-refractivity contribution in [2.24, 2.45) is 10.8 Å². The van der Waals surface area contributed by atoms with E-state index >= 15 is 0 Å². The molecule has 1 atom stereocenters. The number of nitro groups is 1. The molecule has 3 aromatic carbocycles. The molecule has 13 nitrogen and oxygen atoms in total. The molecule has 65 heavy (non-hydrogen) atoms. The summed E-state index contributed by atoms with van der Waals surface area (Å²) in [5, 5.41) is 12.4. The Morgan fingerprint density at radius 3 is 2.40 bits per heavy atom. The Morgan fingerprint density at radius 1 is 0.954 bits per heavy atom. The van der Waals surface area contributed by atoms with Crippen LogP contribution in [0.5, 0.6) is 17.4 Å². The summed E-state index contributed by atoms with van der Waals surface area (Å²) in [4.78, 5) is 37.6. The number of H-pyrrole nitrogens is 1. The number of benzene rings is 3. The molecule has 2 saturated carbocycles. The molecule has 15 heteroatoms. The van der Waals surface area contributed by atoms with Crippen molar-refractivity contribution in [3.63, 3.8) is 0 Å². The topological polar surface area (TPSA) is 160 Å². The minimum absolute atomic E-state index is 0.00195. The number of likely N-dealkylation sites (tertiary alicyclic amines) is 1. The first-order valence-electron chi connectivity index (χ1n) is 23.0. The number of carbonyl (C=O) groups excluding carboxylic acids is 1. The maximum Gasteiger partial charge on any atom is 0.274 e. The third-order valence-electron chi connectivity index (χ3n) is 15.0. The summed E-state index contributed by atoms with van der Waals surface area (Å²) in [5.74, 6) is -1.14. The molecule has 9 rings (SSSR count). The number of carbonyl (C=O) groups is 1. The zero-order valence-electron chi connectivity index (χ0n) is 37.9. The highest BCUT2D eigenvalue weighted by molar-refractivity contribution is 7.90. The standard InChI is InChI=1S/C50H59FN6O7S/c1-31(2)36-9-6-7-10-38(36)42-11-8-22-56(42)34-28-50(29-34)20-23-55(24-21-50)33-12-14-39(44(25-33)64-45-27-40-41(51)30-52-46(40)53-48(45)63-5)47(58)54-65(61,62)35-13-15-37(43(26-35)57(59)60)32-16-18-49(3,4)19-17-32/h6-7,9-10,12-15,25-27,30-32,34,42H,8,11,16-24,28-29H2,1-5H3,(H,52,53)(H,54,58)/t42-/m1/s1. The molecular formula is C50H59FN6O7S. The van der Waals surface area contributed by atoms with Crippen molar-refractivity contribution in [2.75, 3.05) is 31.6 Å². The summed E-state index contributed by atoms with van der Waals surface area (Å²) in [6, 6.07) is 20.2. The molecule has 344 valence electrons. The Morgan fingerprint density at radius 2 is 1.69 bits per heavy atom. The number of amides is 1. The van der Waals surface area contributed by atoms with Gasteiger partial charge in [-0.15, -0.1) is 0 Å². The van der Waals surface area contributed by atoms with Crippen LogP contribution < -0.4 is 19.1 Å². The normalized spacial score (nSPS) is 20.3. The number of halogens is 1. The average Bonchev–Trinajstić information content (AvgIpc) is 3.91. The molecule has 2 aliphatic heterocycles. The number of aromatic amines is 1. The second-order valence-corrected chi connectivity index (χ2v) is 21.6. The maximum absolute atomic E-state index is 14.8. The van der Waals surface area contributed by atoms with E-state index in [4.69, 9.17) is 9.47 Å². The van der Waals surface area contributed by atoms with Gasteiger partial charge in [-0.1, -0.05) is 58.0 Å². The van der Waals surface area contributed by atoms with E-state index in [0.29, 0.717) is 23.6 Å². The Labute approximate surface area is 380 Å². The Kier molecular flexibility index (Phi) is 11.9. The van der Waals surface area contributed by atoms with Gasteiger partial charge in [0.15, 0.2) is 5.75 Å². The van der Waals surface area contributed by atoms with E-state index in [0.717, 1.165) is 69.9 Å². The van der Waals surface area contributed by atoms with Gasteiger partial charge in [0.25, 0.3) is 27.5 Å². The van der Waals surface area contributed by atoms with Crippen LogP contribution in [0.1, 0.15) is 137 Å². The zero-order valence-corrected chi connectivity index (χ0v) is 38.7. The average molecular weight is 907 g/mol. The number of pyridine rings is 1. The minimum Gasteiger partial charge on any atom is -0.478 e. The number of rotatable bonds is 12. The van der Waals surface area contributed by atoms with Crippen molar-refractivity contribution < 1.29 is 32.0 Å². The number of nitrogens with zero attached hydrogens (tertiary/aromatic N) is 4. The van der Waals surface area contributed by atoms with Crippen LogP contribution in [-0.2, 0) is 10.0 Å². The van der Waals surface area contributed by atoms with E-state index in [1.165, 1.54) is 74.4 Å². The van der Waals surface area contributed by atoms with Crippen LogP contribution in [0.3, 0.4) is 0 Å².